The number of likely N-dealkylation sites (tertiary alicyclic amines) is 1. The molecule has 1 fully saturated rings. The van der Waals surface area contributed by atoms with Crippen molar-refractivity contribution in [3.8, 4) is 11.3 Å². The lowest BCUT2D eigenvalue weighted by Gasteiger charge is -2.16. The number of amides is 2. The van der Waals surface area contributed by atoms with Gasteiger partial charge in [-0.05, 0) is 31.5 Å². The predicted octanol–water partition coefficient (Wildman–Crippen LogP) is 1.48. The molecule has 5 N–H and O–H groups in total. The standard InChI is InChI=1S/C24H28N8O2/c1-16(24(34)27-7-9-31-8-3-6-23(31)33)28-13-19(12-25)18-11-22-29-15-21(32(22)30-14-18)17-4-2-5-20(26)10-17/h2,4-5,10-16H,3,6-9,25-26H2,1H3,(H,27,34). The molecule has 1 unspecified atom stereocenters. The van der Waals surface area contributed by atoms with Gasteiger partial charge in [0, 0.05) is 60.9 Å². The molecule has 10 nitrogen and oxygen atoms in total. The van der Waals surface area contributed by atoms with Crippen molar-refractivity contribution in [2.24, 2.45) is 10.7 Å². The molecule has 0 bridgehead atoms. The Bertz CT molecular complexity index is 1260. The monoisotopic (exact) mass is 460 g/mol. The minimum Gasteiger partial charge on any atom is -0.404 e. The number of carbonyl (C=O) groups is 2. The summed E-state index contributed by atoms with van der Waals surface area (Å²) in [4.78, 5) is 34.6. The highest BCUT2D eigenvalue weighted by atomic mass is 16.2. The molecule has 2 aromatic heterocycles. The topological polar surface area (TPSA) is 144 Å². The number of nitrogen functional groups attached to an aromatic ring is 1. The Morgan fingerprint density at radius 2 is 2.18 bits per heavy atom. The van der Waals surface area contributed by atoms with Crippen molar-refractivity contribution in [1.82, 2.24) is 24.8 Å². The van der Waals surface area contributed by atoms with Gasteiger partial charge in [-0.25, -0.2) is 9.50 Å². The van der Waals surface area contributed by atoms with Crippen LogP contribution in [0, 0.1) is 0 Å². The first-order valence-corrected chi connectivity index (χ1v) is 11.2. The molecule has 1 atom stereocenters. The van der Waals surface area contributed by atoms with E-state index in [0.717, 1.165) is 29.8 Å². The molecule has 0 saturated carbocycles. The third kappa shape index (κ3) is 5.06. The quantitative estimate of drug-likeness (QED) is 0.343. The molecule has 0 spiro atoms. The smallest absolute Gasteiger partial charge is 0.244 e. The molecule has 1 aliphatic rings. The molecule has 10 heteroatoms. The second-order valence-electron chi connectivity index (χ2n) is 8.13. The van der Waals surface area contributed by atoms with Gasteiger partial charge in [0.15, 0.2) is 5.65 Å². The summed E-state index contributed by atoms with van der Waals surface area (Å²) in [6.07, 6.45) is 7.86. The minimum atomic E-state index is -0.609. The molecule has 2 amide bonds. The van der Waals surface area contributed by atoms with Crippen LogP contribution >= 0.6 is 0 Å². The summed E-state index contributed by atoms with van der Waals surface area (Å²) in [5.41, 5.74) is 16.1. The highest BCUT2D eigenvalue weighted by Gasteiger charge is 2.20. The van der Waals surface area contributed by atoms with Gasteiger partial charge in [0.1, 0.15) is 6.04 Å². The number of rotatable bonds is 8. The second kappa shape index (κ2) is 10.2. The average molecular weight is 461 g/mol. The first kappa shape index (κ1) is 23.0. The Morgan fingerprint density at radius 3 is 2.91 bits per heavy atom. The molecule has 1 aromatic carbocycles. The van der Waals surface area contributed by atoms with E-state index in [9.17, 15) is 9.59 Å². The maximum atomic E-state index is 12.4. The summed E-state index contributed by atoms with van der Waals surface area (Å²) in [5.74, 6) is -0.0750. The SMILES string of the molecule is CC(N=CC(=CN)c1cnn2c(-c3cccc(N)c3)cnc2c1)C(=O)NCCN1CCCC1=O. The largest absolute Gasteiger partial charge is 0.404 e. The van der Waals surface area contributed by atoms with Gasteiger partial charge < -0.3 is 21.7 Å². The highest BCUT2D eigenvalue weighted by molar-refractivity contribution is 6.10. The molecule has 3 heterocycles. The maximum Gasteiger partial charge on any atom is 0.244 e. The van der Waals surface area contributed by atoms with Gasteiger partial charge in [0.05, 0.1) is 18.1 Å². The van der Waals surface area contributed by atoms with Crippen molar-refractivity contribution in [2.75, 3.05) is 25.4 Å². The van der Waals surface area contributed by atoms with E-state index >= 15 is 0 Å². The van der Waals surface area contributed by atoms with Gasteiger partial charge in [-0.3, -0.25) is 14.6 Å². The molecule has 0 aliphatic carbocycles. The van der Waals surface area contributed by atoms with E-state index in [2.05, 4.69) is 20.4 Å². The van der Waals surface area contributed by atoms with Crippen molar-refractivity contribution in [3.63, 3.8) is 0 Å². The van der Waals surface area contributed by atoms with Gasteiger partial charge in [0.25, 0.3) is 0 Å². The zero-order valence-corrected chi connectivity index (χ0v) is 19.0. The van der Waals surface area contributed by atoms with Gasteiger partial charge >= 0.3 is 0 Å². The number of carbonyl (C=O) groups excluding carboxylic acids is 2. The first-order chi connectivity index (χ1) is 16.5. The van der Waals surface area contributed by atoms with Gasteiger partial charge in [-0.1, -0.05) is 12.1 Å². The van der Waals surface area contributed by atoms with Crippen molar-refractivity contribution in [1.29, 1.82) is 0 Å². The number of aromatic nitrogens is 3. The molecule has 1 saturated heterocycles. The molecule has 176 valence electrons. The van der Waals surface area contributed by atoms with Crippen LogP contribution < -0.4 is 16.8 Å². The van der Waals surface area contributed by atoms with Crippen LogP contribution in [-0.4, -0.2) is 63.2 Å². The number of nitrogens with one attached hydrogen (secondary N) is 1. The Balaban J connectivity index is 1.41. The third-order valence-corrected chi connectivity index (χ3v) is 5.73. The van der Waals surface area contributed by atoms with Crippen LogP contribution in [0.3, 0.4) is 0 Å². The van der Waals surface area contributed by atoms with Gasteiger partial charge in [-0.2, -0.15) is 5.10 Å². The number of allylic oxidation sites excluding steroid dienone is 1. The van der Waals surface area contributed by atoms with Crippen molar-refractivity contribution >= 4 is 34.9 Å². The molecule has 34 heavy (non-hydrogen) atoms. The van der Waals surface area contributed by atoms with Crippen LogP contribution in [0.1, 0.15) is 25.3 Å². The maximum absolute atomic E-state index is 12.4. The summed E-state index contributed by atoms with van der Waals surface area (Å²) < 4.78 is 1.73. The van der Waals surface area contributed by atoms with E-state index in [4.69, 9.17) is 11.5 Å². The van der Waals surface area contributed by atoms with Crippen LogP contribution in [0.2, 0.25) is 0 Å². The van der Waals surface area contributed by atoms with Crippen LogP contribution in [0.15, 0.2) is 53.9 Å². The molecule has 0 radical (unpaired) electrons. The van der Waals surface area contributed by atoms with Gasteiger partial charge in [-0.15, -0.1) is 0 Å². The van der Waals surface area contributed by atoms with E-state index in [-0.39, 0.29) is 11.8 Å². The summed E-state index contributed by atoms with van der Waals surface area (Å²) in [6, 6.07) is 8.77. The second-order valence-corrected chi connectivity index (χ2v) is 8.13. The Hall–Kier alpha value is -4.21. The molecular formula is C24H28N8O2. The number of hydrogen-bond acceptors (Lipinski definition) is 7. The number of fused-ring (bicyclic) bond motifs is 1. The normalized spacial score (nSPS) is 15.4. The van der Waals surface area contributed by atoms with E-state index < -0.39 is 6.04 Å². The predicted molar refractivity (Wildman–Crippen MR) is 132 cm³/mol. The number of nitrogens with zero attached hydrogens (tertiary/aromatic N) is 5. The summed E-state index contributed by atoms with van der Waals surface area (Å²) >= 11 is 0. The van der Waals surface area contributed by atoms with Crippen LogP contribution in [0.5, 0.6) is 0 Å². The van der Waals surface area contributed by atoms with Crippen molar-refractivity contribution < 1.29 is 9.59 Å². The molecule has 3 aromatic rings. The number of anilines is 1. The van der Waals surface area contributed by atoms with E-state index in [1.54, 1.807) is 34.9 Å². The summed E-state index contributed by atoms with van der Waals surface area (Å²) in [6.45, 7) is 3.38. The Labute approximate surface area is 197 Å². The lowest BCUT2D eigenvalue weighted by atomic mass is 10.1. The van der Waals surface area contributed by atoms with Crippen LogP contribution in [0.25, 0.3) is 22.5 Å². The molecule has 1 aliphatic heterocycles. The fourth-order valence-corrected chi connectivity index (χ4v) is 3.80. The number of hydrogen-bond donors (Lipinski definition) is 3. The highest BCUT2D eigenvalue weighted by Crippen LogP contribution is 2.23. The average Bonchev–Trinajstić information content (AvgIpc) is 3.45. The van der Waals surface area contributed by atoms with Crippen LogP contribution in [0.4, 0.5) is 5.69 Å². The fraction of sp³-hybridized carbons (Fsp3) is 0.292. The lowest BCUT2D eigenvalue weighted by molar-refractivity contribution is -0.128. The molecular weight excluding hydrogens is 432 g/mol. The lowest BCUT2D eigenvalue weighted by Crippen LogP contribution is -2.38. The zero-order chi connectivity index (χ0) is 24.1. The van der Waals surface area contributed by atoms with E-state index in [0.29, 0.717) is 36.4 Å². The van der Waals surface area contributed by atoms with E-state index in [1.807, 2.05) is 30.3 Å². The van der Waals surface area contributed by atoms with Crippen molar-refractivity contribution in [2.45, 2.75) is 25.8 Å². The number of imidazole rings is 1. The zero-order valence-electron chi connectivity index (χ0n) is 19.0. The number of benzene rings is 1. The fourth-order valence-electron chi connectivity index (χ4n) is 3.80. The van der Waals surface area contributed by atoms with Crippen molar-refractivity contribution in [3.05, 3.63) is 54.5 Å². The van der Waals surface area contributed by atoms with E-state index in [1.165, 1.54) is 6.20 Å². The summed E-state index contributed by atoms with van der Waals surface area (Å²) in [5, 5.41) is 7.33. The minimum absolute atomic E-state index is 0.140. The third-order valence-electron chi connectivity index (χ3n) is 5.73. The van der Waals surface area contributed by atoms with Gasteiger partial charge in [0.2, 0.25) is 11.8 Å². The summed E-state index contributed by atoms with van der Waals surface area (Å²) in [7, 11) is 0. The van der Waals surface area contributed by atoms with Crippen LogP contribution in [-0.2, 0) is 9.59 Å². The molecule has 4 rings (SSSR count). The number of nitrogens with two attached hydrogens (primary N) is 2. The Morgan fingerprint density at radius 1 is 1.32 bits per heavy atom. The Kier molecular flexibility index (Phi) is 6.86. The number of aliphatic imine (C=N–C) groups is 1. The first-order valence-electron chi connectivity index (χ1n) is 11.2.